The van der Waals surface area contributed by atoms with E-state index in [-0.39, 0.29) is 0 Å². The van der Waals surface area contributed by atoms with Gasteiger partial charge in [0.2, 0.25) is 0 Å². The molecule has 0 saturated carbocycles. The summed E-state index contributed by atoms with van der Waals surface area (Å²) in [5.74, 6) is 1.70. The van der Waals surface area contributed by atoms with E-state index in [0.29, 0.717) is 5.56 Å². The number of hydrogen-bond donors (Lipinski definition) is 1. The topological polar surface area (TPSA) is 45.0 Å². The summed E-state index contributed by atoms with van der Waals surface area (Å²) < 4.78 is 5.37. The highest BCUT2D eigenvalue weighted by Crippen LogP contribution is 2.33. The lowest BCUT2D eigenvalue weighted by Crippen LogP contribution is -1.98. The first-order chi connectivity index (χ1) is 10.2. The summed E-state index contributed by atoms with van der Waals surface area (Å²) in [7, 11) is 1.64. The third-order valence-corrected chi connectivity index (χ3v) is 4.00. The average molecular weight is 298 g/mol. The maximum absolute atomic E-state index is 9.45. The normalized spacial score (nSPS) is 10.0. The van der Waals surface area contributed by atoms with Gasteiger partial charge in [0.1, 0.15) is 11.8 Å². The van der Waals surface area contributed by atoms with Crippen molar-refractivity contribution in [3.63, 3.8) is 0 Å². The van der Waals surface area contributed by atoms with Crippen LogP contribution in [0.2, 0.25) is 0 Å². The third-order valence-electron chi connectivity index (χ3n) is 3.06. The van der Waals surface area contributed by atoms with Crippen LogP contribution in [0.1, 0.15) is 18.1 Å². The van der Waals surface area contributed by atoms with Crippen LogP contribution in [0.25, 0.3) is 0 Å². The number of nitrogens with one attached hydrogen (secondary N) is 1. The zero-order chi connectivity index (χ0) is 15.2. The molecule has 0 aromatic heterocycles. The molecule has 0 radical (unpaired) electrons. The summed E-state index contributed by atoms with van der Waals surface area (Å²) in [4.78, 5) is 0.997. The Morgan fingerprint density at radius 2 is 2.05 bits per heavy atom. The van der Waals surface area contributed by atoms with Gasteiger partial charge in [0.15, 0.2) is 0 Å². The molecule has 1 N–H and O–H groups in total. The maximum atomic E-state index is 9.45. The molecule has 0 aliphatic heterocycles. The van der Waals surface area contributed by atoms with Gasteiger partial charge in [0.25, 0.3) is 0 Å². The standard InChI is InChI=1S/C17H18N2OS/c1-4-21-17-7-5-6-14(13(17)11-18)19-15-10-12(2)8-9-16(15)20-3/h5-10,19H,4H2,1-3H3. The summed E-state index contributed by atoms with van der Waals surface area (Å²) >= 11 is 1.67. The number of anilines is 2. The predicted molar refractivity (Wildman–Crippen MR) is 88.6 cm³/mol. The van der Waals surface area contributed by atoms with Gasteiger partial charge in [-0.05, 0) is 42.5 Å². The van der Waals surface area contributed by atoms with Gasteiger partial charge in [-0.15, -0.1) is 11.8 Å². The van der Waals surface area contributed by atoms with Gasteiger partial charge in [-0.25, -0.2) is 0 Å². The highest BCUT2D eigenvalue weighted by molar-refractivity contribution is 7.99. The summed E-state index contributed by atoms with van der Waals surface area (Å²) in [6.07, 6.45) is 0. The Balaban J connectivity index is 2.42. The highest BCUT2D eigenvalue weighted by atomic mass is 32.2. The minimum atomic E-state index is 0.674. The molecule has 0 saturated heterocycles. The zero-order valence-corrected chi connectivity index (χ0v) is 13.3. The minimum Gasteiger partial charge on any atom is -0.495 e. The number of aryl methyl sites for hydroxylation is 1. The van der Waals surface area contributed by atoms with Crippen LogP contribution in [0.15, 0.2) is 41.3 Å². The lowest BCUT2D eigenvalue weighted by molar-refractivity contribution is 0.416. The lowest BCUT2D eigenvalue weighted by Gasteiger charge is -2.14. The second-order valence-corrected chi connectivity index (χ2v) is 5.86. The molecule has 0 fully saturated rings. The van der Waals surface area contributed by atoms with E-state index in [4.69, 9.17) is 4.74 Å². The fourth-order valence-corrected chi connectivity index (χ4v) is 2.88. The van der Waals surface area contributed by atoms with Crippen molar-refractivity contribution in [2.75, 3.05) is 18.2 Å². The van der Waals surface area contributed by atoms with Gasteiger partial charge in [-0.3, -0.25) is 0 Å². The fraction of sp³-hybridized carbons (Fsp3) is 0.235. The van der Waals surface area contributed by atoms with Crippen LogP contribution in [0.5, 0.6) is 5.75 Å². The SMILES string of the molecule is CCSc1cccc(Nc2cc(C)ccc2OC)c1C#N. The van der Waals surface area contributed by atoms with Crippen molar-refractivity contribution < 1.29 is 4.74 Å². The molecule has 0 bridgehead atoms. The van der Waals surface area contributed by atoms with Gasteiger partial charge >= 0.3 is 0 Å². The summed E-state index contributed by atoms with van der Waals surface area (Å²) in [5, 5.41) is 12.8. The predicted octanol–water partition coefficient (Wildman–Crippen LogP) is 4.73. The molecule has 0 atom stereocenters. The molecule has 2 rings (SSSR count). The first-order valence-electron chi connectivity index (χ1n) is 6.77. The van der Waals surface area contributed by atoms with Crippen LogP contribution in [0.4, 0.5) is 11.4 Å². The summed E-state index contributed by atoms with van der Waals surface area (Å²) in [6, 6.07) is 14.1. The van der Waals surface area contributed by atoms with Gasteiger partial charge in [-0.2, -0.15) is 5.26 Å². The molecule has 0 heterocycles. The van der Waals surface area contributed by atoms with E-state index >= 15 is 0 Å². The Labute approximate surface area is 129 Å². The molecule has 2 aromatic carbocycles. The third kappa shape index (κ3) is 3.50. The number of rotatable bonds is 5. The number of benzene rings is 2. The maximum Gasteiger partial charge on any atom is 0.142 e. The number of methoxy groups -OCH3 is 1. The first kappa shape index (κ1) is 15.3. The van der Waals surface area contributed by atoms with Crippen LogP contribution >= 0.6 is 11.8 Å². The number of nitriles is 1. The van der Waals surface area contributed by atoms with E-state index in [2.05, 4.69) is 18.3 Å². The molecular formula is C17H18N2OS. The number of ether oxygens (including phenoxy) is 1. The van der Waals surface area contributed by atoms with Crippen molar-refractivity contribution in [2.24, 2.45) is 0 Å². The smallest absolute Gasteiger partial charge is 0.142 e. The van der Waals surface area contributed by atoms with Crippen molar-refractivity contribution in [3.8, 4) is 11.8 Å². The van der Waals surface area contributed by atoms with Gasteiger partial charge < -0.3 is 10.1 Å². The van der Waals surface area contributed by atoms with E-state index in [0.717, 1.165) is 33.3 Å². The monoisotopic (exact) mass is 298 g/mol. The Bertz CT molecular complexity index is 677. The van der Waals surface area contributed by atoms with Gasteiger partial charge in [-0.1, -0.05) is 19.1 Å². The number of nitrogens with zero attached hydrogens (tertiary/aromatic N) is 1. The Morgan fingerprint density at radius 3 is 2.71 bits per heavy atom. The Morgan fingerprint density at radius 1 is 1.24 bits per heavy atom. The zero-order valence-electron chi connectivity index (χ0n) is 12.4. The lowest BCUT2D eigenvalue weighted by atomic mass is 10.1. The molecule has 0 aliphatic carbocycles. The molecule has 0 unspecified atom stereocenters. The van der Waals surface area contributed by atoms with Gasteiger partial charge in [0, 0.05) is 4.90 Å². The van der Waals surface area contributed by atoms with Crippen LogP contribution in [-0.4, -0.2) is 12.9 Å². The van der Waals surface area contributed by atoms with E-state index in [9.17, 15) is 5.26 Å². The van der Waals surface area contributed by atoms with Crippen LogP contribution < -0.4 is 10.1 Å². The van der Waals surface area contributed by atoms with Crippen LogP contribution in [-0.2, 0) is 0 Å². The highest BCUT2D eigenvalue weighted by Gasteiger charge is 2.10. The van der Waals surface area contributed by atoms with E-state index in [1.165, 1.54) is 0 Å². The molecule has 4 heteroatoms. The largest absolute Gasteiger partial charge is 0.495 e. The summed E-state index contributed by atoms with van der Waals surface area (Å²) in [5.41, 5.74) is 3.48. The number of thioether (sulfide) groups is 1. The first-order valence-corrected chi connectivity index (χ1v) is 7.75. The van der Waals surface area contributed by atoms with Crippen molar-refractivity contribution in [1.82, 2.24) is 0 Å². The van der Waals surface area contributed by atoms with E-state index in [1.54, 1.807) is 18.9 Å². The Kier molecular flexibility index (Phi) is 5.13. The van der Waals surface area contributed by atoms with Gasteiger partial charge in [0.05, 0.1) is 24.0 Å². The molecule has 108 valence electrons. The average Bonchev–Trinajstić information content (AvgIpc) is 2.48. The molecule has 0 aliphatic rings. The number of hydrogen-bond acceptors (Lipinski definition) is 4. The van der Waals surface area contributed by atoms with Crippen molar-refractivity contribution in [3.05, 3.63) is 47.5 Å². The van der Waals surface area contributed by atoms with Crippen LogP contribution in [0.3, 0.4) is 0 Å². The quantitative estimate of drug-likeness (QED) is 0.810. The van der Waals surface area contributed by atoms with Crippen molar-refractivity contribution >= 4 is 23.1 Å². The van der Waals surface area contributed by atoms with Crippen molar-refractivity contribution in [1.29, 1.82) is 5.26 Å². The van der Waals surface area contributed by atoms with Crippen molar-refractivity contribution in [2.45, 2.75) is 18.7 Å². The second kappa shape index (κ2) is 7.05. The molecule has 0 spiro atoms. The fourth-order valence-electron chi connectivity index (χ4n) is 2.09. The molecule has 0 amide bonds. The molecule has 3 nitrogen and oxygen atoms in total. The van der Waals surface area contributed by atoms with Crippen LogP contribution in [0, 0.1) is 18.3 Å². The molecular weight excluding hydrogens is 280 g/mol. The van der Waals surface area contributed by atoms with E-state index < -0.39 is 0 Å². The summed E-state index contributed by atoms with van der Waals surface area (Å²) in [6.45, 7) is 4.11. The second-order valence-electron chi connectivity index (χ2n) is 4.55. The molecule has 21 heavy (non-hydrogen) atoms. The van der Waals surface area contributed by atoms with E-state index in [1.807, 2.05) is 43.3 Å². The minimum absolute atomic E-state index is 0.674. The molecule has 2 aromatic rings. The Hall–Kier alpha value is -2.12.